The van der Waals surface area contributed by atoms with E-state index in [2.05, 4.69) is 20.3 Å². The van der Waals surface area contributed by atoms with Crippen LogP contribution in [-0.2, 0) is 7.05 Å². The highest BCUT2D eigenvalue weighted by Crippen LogP contribution is 2.27. The highest BCUT2D eigenvalue weighted by molar-refractivity contribution is 5.76. The van der Waals surface area contributed by atoms with Gasteiger partial charge in [0.1, 0.15) is 12.1 Å². The van der Waals surface area contributed by atoms with Crippen molar-refractivity contribution in [1.29, 1.82) is 0 Å². The smallest absolute Gasteiger partial charge is 0.302 e. The molecule has 0 unspecified atom stereocenters. The molecule has 0 bridgehead atoms. The molecule has 0 saturated heterocycles. The van der Waals surface area contributed by atoms with E-state index in [1.165, 1.54) is 6.33 Å². The van der Waals surface area contributed by atoms with Crippen LogP contribution in [0.2, 0.25) is 0 Å². The van der Waals surface area contributed by atoms with Crippen LogP contribution in [0.25, 0.3) is 11.0 Å². The molecule has 0 saturated carbocycles. The third-order valence-electron chi connectivity index (χ3n) is 3.81. The summed E-state index contributed by atoms with van der Waals surface area (Å²) in [5.41, 5.74) is 9.09. The molecule has 0 atom stereocenters. The second-order valence-electron chi connectivity index (χ2n) is 5.52. The summed E-state index contributed by atoms with van der Waals surface area (Å²) < 4.78 is 7.82. The van der Waals surface area contributed by atoms with Gasteiger partial charge in [-0.05, 0) is 36.4 Å². The Balaban J connectivity index is 1.54. The molecule has 0 amide bonds. The third-order valence-corrected chi connectivity index (χ3v) is 3.81. The van der Waals surface area contributed by atoms with Crippen molar-refractivity contribution in [3.63, 3.8) is 0 Å². The molecule has 0 aliphatic carbocycles. The van der Waals surface area contributed by atoms with Crippen LogP contribution in [-0.4, -0.2) is 19.5 Å². The van der Waals surface area contributed by atoms with E-state index in [0.717, 1.165) is 16.7 Å². The van der Waals surface area contributed by atoms with Gasteiger partial charge < -0.3 is 15.8 Å². The normalized spacial score (nSPS) is 10.8. The van der Waals surface area contributed by atoms with Crippen LogP contribution in [0.15, 0.2) is 61.1 Å². The molecule has 4 rings (SSSR count). The van der Waals surface area contributed by atoms with Gasteiger partial charge in [0.05, 0.1) is 22.9 Å². The van der Waals surface area contributed by atoms with Crippen molar-refractivity contribution in [3.05, 3.63) is 61.1 Å². The first kappa shape index (κ1) is 14.9. The molecular weight excluding hydrogens is 316 g/mol. The van der Waals surface area contributed by atoms with Crippen LogP contribution < -0.4 is 15.8 Å². The molecular formula is C18H16N6O. The molecule has 25 heavy (non-hydrogen) atoms. The number of ether oxygens (including phenoxy) is 1. The molecule has 7 nitrogen and oxygen atoms in total. The number of anilines is 3. The maximum Gasteiger partial charge on any atom is 0.302 e. The summed E-state index contributed by atoms with van der Waals surface area (Å²) in [6, 6.07) is 15.9. The Hall–Kier alpha value is -3.61. The Morgan fingerprint density at radius 1 is 1.08 bits per heavy atom. The average Bonchev–Trinajstić information content (AvgIpc) is 2.95. The van der Waals surface area contributed by atoms with E-state index >= 15 is 0 Å². The van der Waals surface area contributed by atoms with Gasteiger partial charge in [-0.2, -0.15) is 4.98 Å². The molecule has 4 aromatic rings. The number of nitrogens with one attached hydrogen (secondary N) is 1. The third kappa shape index (κ3) is 2.94. The standard InChI is InChI=1S/C18H16N6O/c1-24-16-5-3-2-4-15(16)23-18(24)25-13-8-6-12(7-9-13)22-17-14(19)10-20-11-21-17/h2-11H,19H2,1H3,(H,20,21,22). The van der Waals surface area contributed by atoms with Crippen LogP contribution in [0.3, 0.4) is 0 Å². The van der Waals surface area contributed by atoms with E-state index < -0.39 is 0 Å². The fraction of sp³-hybridized carbons (Fsp3) is 0.0556. The minimum atomic E-state index is 0.488. The van der Waals surface area contributed by atoms with Crippen LogP contribution in [0, 0.1) is 0 Å². The Morgan fingerprint density at radius 3 is 2.64 bits per heavy atom. The molecule has 2 aromatic heterocycles. The topological polar surface area (TPSA) is 90.9 Å². The Kier molecular flexibility index (Phi) is 3.66. The van der Waals surface area contributed by atoms with Gasteiger partial charge in [-0.25, -0.2) is 9.97 Å². The van der Waals surface area contributed by atoms with Crippen molar-refractivity contribution < 1.29 is 4.74 Å². The quantitative estimate of drug-likeness (QED) is 0.594. The zero-order valence-electron chi connectivity index (χ0n) is 13.5. The van der Waals surface area contributed by atoms with Crippen molar-refractivity contribution in [2.24, 2.45) is 7.05 Å². The summed E-state index contributed by atoms with van der Waals surface area (Å²) in [6.07, 6.45) is 3.00. The second kappa shape index (κ2) is 6.12. The number of aryl methyl sites for hydroxylation is 1. The molecule has 0 radical (unpaired) electrons. The van der Waals surface area contributed by atoms with Gasteiger partial charge in [0.15, 0.2) is 5.82 Å². The SMILES string of the molecule is Cn1c(Oc2ccc(Nc3ncncc3N)cc2)nc2ccccc21. The Morgan fingerprint density at radius 2 is 1.88 bits per heavy atom. The zero-order chi connectivity index (χ0) is 17.2. The zero-order valence-corrected chi connectivity index (χ0v) is 13.5. The van der Waals surface area contributed by atoms with Crippen LogP contribution in [0.5, 0.6) is 11.8 Å². The van der Waals surface area contributed by atoms with Crippen molar-refractivity contribution >= 4 is 28.2 Å². The maximum absolute atomic E-state index is 5.90. The van der Waals surface area contributed by atoms with E-state index in [4.69, 9.17) is 10.5 Å². The number of benzene rings is 2. The van der Waals surface area contributed by atoms with E-state index in [1.54, 1.807) is 6.20 Å². The molecule has 3 N–H and O–H groups in total. The van der Waals surface area contributed by atoms with Gasteiger partial charge in [-0.15, -0.1) is 0 Å². The predicted octanol–water partition coefficient (Wildman–Crippen LogP) is 3.48. The molecule has 0 aliphatic heterocycles. The van der Waals surface area contributed by atoms with Gasteiger partial charge in [0, 0.05) is 12.7 Å². The van der Waals surface area contributed by atoms with E-state index in [0.29, 0.717) is 23.3 Å². The van der Waals surface area contributed by atoms with Crippen LogP contribution >= 0.6 is 0 Å². The first-order valence-corrected chi connectivity index (χ1v) is 7.72. The van der Waals surface area contributed by atoms with E-state index in [1.807, 2.05) is 60.1 Å². The lowest BCUT2D eigenvalue weighted by Crippen LogP contribution is -1.99. The lowest BCUT2D eigenvalue weighted by molar-refractivity contribution is 0.428. The molecule has 2 heterocycles. The average molecular weight is 332 g/mol. The number of fused-ring (bicyclic) bond motifs is 1. The van der Waals surface area contributed by atoms with Crippen molar-refractivity contribution in [1.82, 2.24) is 19.5 Å². The summed E-state index contributed by atoms with van der Waals surface area (Å²) >= 11 is 0. The maximum atomic E-state index is 5.90. The highest BCUT2D eigenvalue weighted by Gasteiger charge is 2.09. The number of hydrogen-bond donors (Lipinski definition) is 2. The largest absolute Gasteiger partial charge is 0.425 e. The fourth-order valence-corrected chi connectivity index (χ4v) is 2.51. The fourth-order valence-electron chi connectivity index (χ4n) is 2.51. The molecule has 0 spiro atoms. The minimum Gasteiger partial charge on any atom is -0.425 e. The number of nitrogens with two attached hydrogens (primary N) is 1. The minimum absolute atomic E-state index is 0.488. The van der Waals surface area contributed by atoms with Crippen molar-refractivity contribution in [2.45, 2.75) is 0 Å². The van der Waals surface area contributed by atoms with E-state index in [9.17, 15) is 0 Å². The number of imidazole rings is 1. The number of aromatic nitrogens is 4. The number of nitrogen functional groups attached to an aromatic ring is 1. The van der Waals surface area contributed by atoms with Gasteiger partial charge >= 0.3 is 6.01 Å². The summed E-state index contributed by atoms with van der Waals surface area (Å²) in [7, 11) is 1.93. The van der Waals surface area contributed by atoms with Gasteiger partial charge in [0.2, 0.25) is 0 Å². The second-order valence-corrected chi connectivity index (χ2v) is 5.52. The molecule has 2 aromatic carbocycles. The molecule has 0 aliphatic rings. The van der Waals surface area contributed by atoms with Crippen LogP contribution in [0.1, 0.15) is 0 Å². The first-order valence-electron chi connectivity index (χ1n) is 7.72. The highest BCUT2D eigenvalue weighted by atomic mass is 16.5. The number of hydrogen-bond acceptors (Lipinski definition) is 6. The van der Waals surface area contributed by atoms with Gasteiger partial charge in [-0.3, -0.25) is 4.57 Å². The summed E-state index contributed by atoms with van der Waals surface area (Å²) in [5.74, 6) is 1.26. The monoisotopic (exact) mass is 332 g/mol. The number of para-hydroxylation sites is 2. The van der Waals surface area contributed by atoms with Crippen molar-refractivity contribution in [2.75, 3.05) is 11.1 Å². The summed E-state index contributed by atoms with van der Waals surface area (Å²) in [6.45, 7) is 0. The van der Waals surface area contributed by atoms with Crippen molar-refractivity contribution in [3.8, 4) is 11.8 Å². The molecule has 7 heteroatoms. The number of rotatable bonds is 4. The van der Waals surface area contributed by atoms with Gasteiger partial charge in [-0.1, -0.05) is 12.1 Å². The molecule has 0 fully saturated rings. The lowest BCUT2D eigenvalue weighted by atomic mass is 10.3. The summed E-state index contributed by atoms with van der Waals surface area (Å²) in [5, 5.41) is 3.14. The predicted molar refractivity (Wildman–Crippen MR) is 97.0 cm³/mol. The van der Waals surface area contributed by atoms with Gasteiger partial charge in [0.25, 0.3) is 0 Å². The Bertz CT molecular complexity index is 1030. The van der Waals surface area contributed by atoms with Crippen LogP contribution in [0.4, 0.5) is 17.2 Å². The summed E-state index contributed by atoms with van der Waals surface area (Å²) in [4.78, 5) is 12.5. The Labute approximate surface area is 144 Å². The molecule has 124 valence electrons. The first-order chi connectivity index (χ1) is 12.2. The number of nitrogens with zero attached hydrogens (tertiary/aromatic N) is 4. The van der Waals surface area contributed by atoms with E-state index in [-0.39, 0.29) is 0 Å². The lowest BCUT2D eigenvalue weighted by Gasteiger charge is -2.09.